The average molecular weight is 412 g/mol. The smallest absolute Gasteiger partial charge is 0.134 e. The van der Waals surface area contributed by atoms with E-state index in [1.807, 2.05) is 18.2 Å². The zero-order chi connectivity index (χ0) is 14.8. The van der Waals surface area contributed by atoms with Crippen molar-refractivity contribution in [2.24, 2.45) is 0 Å². The average Bonchev–Trinajstić information content (AvgIpc) is 2.88. The van der Waals surface area contributed by atoms with E-state index < -0.39 is 0 Å². The molecule has 2 nitrogen and oxygen atoms in total. The summed E-state index contributed by atoms with van der Waals surface area (Å²) in [5.41, 5.74) is 2.06. The van der Waals surface area contributed by atoms with Gasteiger partial charge in [-0.05, 0) is 71.1 Å². The lowest BCUT2D eigenvalue weighted by Crippen LogP contribution is -2.21. The highest BCUT2D eigenvalue weighted by Crippen LogP contribution is 2.30. The Labute approximate surface area is 142 Å². The topological polar surface area (TPSA) is 25.2 Å². The molecule has 1 unspecified atom stereocenters. The second kappa shape index (κ2) is 6.38. The molecule has 0 amide bonds. The summed E-state index contributed by atoms with van der Waals surface area (Å²) < 4.78 is 7.22. The third kappa shape index (κ3) is 3.25. The molecule has 0 aliphatic rings. The van der Waals surface area contributed by atoms with Crippen LogP contribution in [0.5, 0.6) is 0 Å². The van der Waals surface area contributed by atoms with Crippen molar-refractivity contribution in [1.82, 2.24) is 5.32 Å². The van der Waals surface area contributed by atoms with E-state index in [9.17, 15) is 0 Å². The van der Waals surface area contributed by atoms with Crippen molar-refractivity contribution >= 4 is 45.2 Å². The number of rotatable bonds is 4. The van der Waals surface area contributed by atoms with Crippen molar-refractivity contribution in [1.29, 1.82) is 0 Å². The predicted octanol–water partition coefficient (Wildman–Crippen LogP) is 5.39. The lowest BCUT2D eigenvalue weighted by molar-refractivity contribution is 0.477. The van der Waals surface area contributed by atoms with Crippen molar-refractivity contribution in [3.63, 3.8) is 0 Å². The molecular formula is C17H15ClINO. The largest absolute Gasteiger partial charge is 0.459 e. The molecular weight excluding hydrogens is 397 g/mol. The van der Waals surface area contributed by atoms with Gasteiger partial charge in [-0.15, -0.1) is 0 Å². The van der Waals surface area contributed by atoms with Crippen molar-refractivity contribution in [2.45, 2.75) is 13.0 Å². The first kappa shape index (κ1) is 14.9. The summed E-state index contributed by atoms with van der Waals surface area (Å²) in [5.74, 6) is 0.912. The zero-order valence-corrected chi connectivity index (χ0v) is 14.5. The lowest BCUT2D eigenvalue weighted by Gasteiger charge is -2.16. The van der Waals surface area contributed by atoms with E-state index in [0.717, 1.165) is 28.3 Å². The molecule has 108 valence electrons. The van der Waals surface area contributed by atoms with Crippen molar-refractivity contribution in [3.8, 4) is 0 Å². The molecule has 0 aliphatic carbocycles. The molecule has 0 saturated heterocycles. The summed E-state index contributed by atoms with van der Waals surface area (Å²) >= 11 is 8.36. The second-order valence-corrected chi connectivity index (χ2v) is 6.56. The van der Waals surface area contributed by atoms with Crippen LogP contribution < -0.4 is 5.32 Å². The maximum absolute atomic E-state index is 6.04. The fourth-order valence-electron chi connectivity index (χ4n) is 2.42. The van der Waals surface area contributed by atoms with Crippen LogP contribution in [0.15, 0.2) is 52.9 Å². The summed E-state index contributed by atoms with van der Waals surface area (Å²) in [5, 5.41) is 5.24. The van der Waals surface area contributed by atoms with Gasteiger partial charge in [-0.3, -0.25) is 0 Å². The SMILES string of the molecule is CCNC(c1ccc(I)cc1)c1cc2cc(Cl)ccc2o1. The number of hydrogen-bond acceptors (Lipinski definition) is 2. The van der Waals surface area contributed by atoms with Crippen molar-refractivity contribution in [2.75, 3.05) is 6.54 Å². The third-order valence-electron chi connectivity index (χ3n) is 3.39. The standard InChI is InChI=1S/C17H15ClINO/c1-2-20-17(11-3-6-14(19)7-4-11)16-10-12-9-13(18)5-8-15(12)21-16/h3-10,17,20H,2H2,1H3. The first-order chi connectivity index (χ1) is 10.2. The maximum Gasteiger partial charge on any atom is 0.134 e. The van der Waals surface area contributed by atoms with Gasteiger partial charge in [0.05, 0.1) is 6.04 Å². The van der Waals surface area contributed by atoms with E-state index >= 15 is 0 Å². The number of benzene rings is 2. The van der Waals surface area contributed by atoms with Crippen LogP contribution in [0.3, 0.4) is 0 Å². The van der Waals surface area contributed by atoms with Gasteiger partial charge in [-0.25, -0.2) is 0 Å². The Balaban J connectivity index is 2.04. The summed E-state index contributed by atoms with van der Waals surface area (Å²) in [4.78, 5) is 0. The van der Waals surface area contributed by atoms with E-state index in [2.05, 4.69) is 65.2 Å². The molecule has 0 fully saturated rings. The zero-order valence-electron chi connectivity index (χ0n) is 11.6. The van der Waals surface area contributed by atoms with Crippen LogP contribution in [0, 0.1) is 3.57 Å². The van der Waals surface area contributed by atoms with Gasteiger partial charge in [-0.1, -0.05) is 30.7 Å². The highest BCUT2D eigenvalue weighted by molar-refractivity contribution is 14.1. The van der Waals surface area contributed by atoms with Gasteiger partial charge in [0.2, 0.25) is 0 Å². The minimum atomic E-state index is 0.0539. The highest BCUT2D eigenvalue weighted by atomic mass is 127. The minimum absolute atomic E-state index is 0.0539. The first-order valence-electron chi connectivity index (χ1n) is 6.85. The molecule has 0 saturated carbocycles. The quantitative estimate of drug-likeness (QED) is 0.582. The van der Waals surface area contributed by atoms with Gasteiger partial charge in [0.25, 0.3) is 0 Å². The van der Waals surface area contributed by atoms with Crippen LogP contribution in [0.4, 0.5) is 0 Å². The molecule has 0 radical (unpaired) electrons. The molecule has 0 bridgehead atoms. The van der Waals surface area contributed by atoms with E-state index in [1.54, 1.807) is 0 Å². The molecule has 21 heavy (non-hydrogen) atoms. The predicted molar refractivity (Wildman–Crippen MR) is 95.9 cm³/mol. The van der Waals surface area contributed by atoms with Crippen molar-refractivity contribution < 1.29 is 4.42 Å². The van der Waals surface area contributed by atoms with Crippen LogP contribution in [0.1, 0.15) is 24.3 Å². The Kier molecular flexibility index (Phi) is 4.52. The number of nitrogens with one attached hydrogen (secondary N) is 1. The van der Waals surface area contributed by atoms with Gasteiger partial charge < -0.3 is 9.73 Å². The monoisotopic (exact) mass is 411 g/mol. The van der Waals surface area contributed by atoms with E-state index in [1.165, 1.54) is 9.13 Å². The molecule has 0 spiro atoms. The summed E-state index contributed by atoms with van der Waals surface area (Å²) in [6.07, 6.45) is 0. The molecule has 1 N–H and O–H groups in total. The fourth-order valence-corrected chi connectivity index (χ4v) is 2.96. The van der Waals surface area contributed by atoms with Crippen molar-refractivity contribution in [3.05, 3.63) is 68.4 Å². The summed E-state index contributed by atoms with van der Waals surface area (Å²) in [6, 6.07) is 16.3. The normalized spacial score (nSPS) is 12.7. The first-order valence-corrected chi connectivity index (χ1v) is 8.31. The van der Waals surface area contributed by atoms with Crippen LogP contribution in [-0.4, -0.2) is 6.54 Å². The van der Waals surface area contributed by atoms with Gasteiger partial charge in [0.1, 0.15) is 11.3 Å². The Morgan fingerprint density at radius 1 is 1.14 bits per heavy atom. The van der Waals surface area contributed by atoms with E-state index in [-0.39, 0.29) is 6.04 Å². The van der Waals surface area contributed by atoms with E-state index in [4.69, 9.17) is 16.0 Å². The third-order valence-corrected chi connectivity index (χ3v) is 4.35. The van der Waals surface area contributed by atoms with Gasteiger partial charge in [-0.2, -0.15) is 0 Å². The fraction of sp³-hybridized carbons (Fsp3) is 0.176. The maximum atomic E-state index is 6.04. The molecule has 1 aromatic heterocycles. The molecule has 1 heterocycles. The molecule has 3 aromatic rings. The Hall–Kier alpha value is -1.04. The molecule has 1 atom stereocenters. The van der Waals surface area contributed by atoms with Gasteiger partial charge in [0, 0.05) is 14.0 Å². The summed E-state index contributed by atoms with van der Waals surface area (Å²) in [7, 11) is 0. The van der Waals surface area contributed by atoms with Gasteiger partial charge >= 0.3 is 0 Å². The number of furan rings is 1. The molecule has 3 rings (SSSR count). The lowest BCUT2D eigenvalue weighted by atomic mass is 10.0. The van der Waals surface area contributed by atoms with Crippen LogP contribution in [-0.2, 0) is 0 Å². The minimum Gasteiger partial charge on any atom is -0.459 e. The van der Waals surface area contributed by atoms with Crippen LogP contribution >= 0.6 is 34.2 Å². The second-order valence-electron chi connectivity index (χ2n) is 4.87. The highest BCUT2D eigenvalue weighted by Gasteiger charge is 2.17. The number of hydrogen-bond donors (Lipinski definition) is 1. The van der Waals surface area contributed by atoms with E-state index in [0.29, 0.717) is 0 Å². The van der Waals surface area contributed by atoms with Crippen LogP contribution in [0.25, 0.3) is 11.0 Å². The molecule has 0 aliphatic heterocycles. The number of fused-ring (bicyclic) bond motifs is 1. The van der Waals surface area contributed by atoms with Crippen LogP contribution in [0.2, 0.25) is 5.02 Å². The van der Waals surface area contributed by atoms with Gasteiger partial charge in [0.15, 0.2) is 0 Å². The molecule has 2 aromatic carbocycles. The Bertz CT molecular complexity index is 751. The molecule has 4 heteroatoms. The summed E-state index contributed by atoms with van der Waals surface area (Å²) in [6.45, 7) is 2.97. The number of halogens is 2. The Morgan fingerprint density at radius 3 is 2.62 bits per heavy atom. The Morgan fingerprint density at radius 2 is 1.90 bits per heavy atom.